The maximum Gasteiger partial charge on any atom is 0.433 e. The number of rotatable bonds is 1. The Morgan fingerprint density at radius 3 is 2.52 bits per heavy atom. The zero-order valence-electron chi connectivity index (χ0n) is 11.1. The lowest BCUT2D eigenvalue weighted by Gasteiger charge is -2.30. The van der Waals surface area contributed by atoms with Crippen molar-refractivity contribution in [3.8, 4) is 0 Å². The largest absolute Gasteiger partial charge is 0.433 e. The number of benzene rings is 1. The van der Waals surface area contributed by atoms with Gasteiger partial charge < -0.3 is 10.6 Å². The molecule has 1 aromatic carbocycles. The predicted octanol–water partition coefficient (Wildman–Crippen LogP) is 2.64. The molecule has 1 aliphatic heterocycles. The van der Waals surface area contributed by atoms with Gasteiger partial charge in [-0.3, -0.25) is 0 Å². The fourth-order valence-electron chi connectivity index (χ4n) is 2.45. The molecule has 0 amide bonds. The molecule has 1 aliphatic rings. The van der Waals surface area contributed by atoms with E-state index in [1.807, 2.05) is 24.3 Å². The van der Waals surface area contributed by atoms with Crippen LogP contribution in [0.15, 0.2) is 30.3 Å². The average molecular weight is 294 g/mol. The maximum atomic E-state index is 12.8. The maximum absolute atomic E-state index is 12.8. The highest BCUT2D eigenvalue weighted by Gasteiger charge is 2.34. The van der Waals surface area contributed by atoms with Crippen LogP contribution in [-0.2, 0) is 19.1 Å². The predicted molar refractivity (Wildman–Crippen MR) is 72.6 cm³/mol. The Morgan fingerprint density at radius 1 is 1.10 bits per heavy atom. The van der Waals surface area contributed by atoms with E-state index in [0.717, 1.165) is 18.1 Å². The SMILES string of the molecule is Nc1nc(N2CCc3ccccc3C2)cc(C(F)(F)F)n1. The van der Waals surface area contributed by atoms with Gasteiger partial charge >= 0.3 is 6.18 Å². The van der Waals surface area contributed by atoms with Crippen molar-refractivity contribution in [2.75, 3.05) is 17.2 Å². The first kappa shape index (κ1) is 13.7. The van der Waals surface area contributed by atoms with Gasteiger partial charge in [0.15, 0.2) is 5.69 Å². The summed E-state index contributed by atoms with van der Waals surface area (Å²) in [6.07, 6.45) is -3.76. The number of hydrogen-bond acceptors (Lipinski definition) is 4. The van der Waals surface area contributed by atoms with Gasteiger partial charge in [0.2, 0.25) is 5.95 Å². The van der Waals surface area contributed by atoms with Crippen molar-refractivity contribution in [3.05, 3.63) is 47.2 Å². The van der Waals surface area contributed by atoms with Crippen LogP contribution in [0.25, 0.3) is 0 Å². The molecule has 0 bridgehead atoms. The summed E-state index contributed by atoms with van der Waals surface area (Å²) in [6.45, 7) is 1.12. The van der Waals surface area contributed by atoms with Crippen molar-refractivity contribution in [1.29, 1.82) is 0 Å². The summed E-state index contributed by atoms with van der Waals surface area (Å²) in [5.74, 6) is -0.150. The van der Waals surface area contributed by atoms with E-state index in [0.29, 0.717) is 13.1 Å². The van der Waals surface area contributed by atoms with E-state index in [2.05, 4.69) is 9.97 Å². The van der Waals surface area contributed by atoms with Gasteiger partial charge in [0, 0.05) is 19.2 Å². The number of hydrogen-bond donors (Lipinski definition) is 1. The Labute approximate surface area is 119 Å². The molecule has 0 saturated heterocycles. The highest BCUT2D eigenvalue weighted by atomic mass is 19.4. The van der Waals surface area contributed by atoms with E-state index in [9.17, 15) is 13.2 Å². The molecule has 2 N–H and O–H groups in total. The van der Waals surface area contributed by atoms with E-state index in [4.69, 9.17) is 5.73 Å². The smallest absolute Gasteiger partial charge is 0.368 e. The molecule has 2 heterocycles. The Bertz CT molecular complexity index is 670. The molecule has 0 fully saturated rings. The second-order valence-electron chi connectivity index (χ2n) is 4.91. The summed E-state index contributed by atoms with van der Waals surface area (Å²) in [5.41, 5.74) is 6.70. The summed E-state index contributed by atoms with van der Waals surface area (Å²) < 4.78 is 38.4. The number of aromatic nitrogens is 2. The third-order valence-corrected chi connectivity index (χ3v) is 3.48. The topological polar surface area (TPSA) is 55.0 Å². The molecular formula is C14H13F3N4. The standard InChI is InChI=1S/C14H13F3N4/c15-14(16,17)11-7-12(20-13(18)19-11)21-6-5-9-3-1-2-4-10(9)8-21/h1-4,7H,5-6,8H2,(H2,18,19,20). The number of nitrogens with zero attached hydrogens (tertiary/aromatic N) is 3. The summed E-state index contributed by atoms with van der Waals surface area (Å²) >= 11 is 0. The van der Waals surface area contributed by atoms with Crippen molar-refractivity contribution >= 4 is 11.8 Å². The van der Waals surface area contributed by atoms with E-state index in [1.165, 1.54) is 5.56 Å². The monoisotopic (exact) mass is 294 g/mol. The van der Waals surface area contributed by atoms with Gasteiger partial charge in [-0.15, -0.1) is 0 Å². The molecule has 3 rings (SSSR count). The van der Waals surface area contributed by atoms with Crippen molar-refractivity contribution in [3.63, 3.8) is 0 Å². The zero-order chi connectivity index (χ0) is 15.0. The van der Waals surface area contributed by atoms with Crippen molar-refractivity contribution < 1.29 is 13.2 Å². The second-order valence-corrected chi connectivity index (χ2v) is 4.91. The first-order valence-electron chi connectivity index (χ1n) is 6.47. The Balaban J connectivity index is 1.94. The average Bonchev–Trinajstić information content (AvgIpc) is 2.45. The highest BCUT2D eigenvalue weighted by molar-refractivity contribution is 5.47. The van der Waals surface area contributed by atoms with Crippen LogP contribution >= 0.6 is 0 Å². The minimum absolute atomic E-state index is 0.212. The van der Waals surface area contributed by atoms with Crippen LogP contribution in [-0.4, -0.2) is 16.5 Å². The van der Waals surface area contributed by atoms with Gasteiger partial charge in [-0.05, 0) is 17.5 Å². The van der Waals surface area contributed by atoms with Crippen LogP contribution in [0.1, 0.15) is 16.8 Å². The summed E-state index contributed by atoms with van der Waals surface area (Å²) in [7, 11) is 0. The molecule has 110 valence electrons. The quantitative estimate of drug-likeness (QED) is 0.878. The molecule has 1 aromatic heterocycles. The minimum Gasteiger partial charge on any atom is -0.368 e. The molecular weight excluding hydrogens is 281 g/mol. The first-order chi connectivity index (χ1) is 9.93. The molecule has 0 spiro atoms. The molecule has 0 radical (unpaired) electrons. The molecule has 7 heteroatoms. The van der Waals surface area contributed by atoms with E-state index < -0.39 is 11.9 Å². The molecule has 4 nitrogen and oxygen atoms in total. The minimum atomic E-state index is -4.53. The van der Waals surface area contributed by atoms with Crippen LogP contribution in [0, 0.1) is 0 Å². The van der Waals surface area contributed by atoms with Crippen LogP contribution < -0.4 is 10.6 Å². The third kappa shape index (κ3) is 2.76. The molecule has 2 aromatic rings. The molecule has 0 saturated carbocycles. The molecule has 0 unspecified atom stereocenters. The van der Waals surface area contributed by atoms with Crippen molar-refractivity contribution in [2.24, 2.45) is 0 Å². The lowest BCUT2D eigenvalue weighted by Crippen LogP contribution is -2.31. The Morgan fingerprint density at radius 2 is 1.81 bits per heavy atom. The van der Waals surface area contributed by atoms with Crippen LogP contribution in [0.2, 0.25) is 0 Å². The van der Waals surface area contributed by atoms with Crippen LogP contribution in [0.3, 0.4) is 0 Å². The van der Waals surface area contributed by atoms with Gasteiger partial charge in [-0.1, -0.05) is 24.3 Å². The highest BCUT2D eigenvalue weighted by Crippen LogP contribution is 2.31. The number of nitrogens with two attached hydrogens (primary N) is 1. The van der Waals surface area contributed by atoms with Gasteiger partial charge in [0.25, 0.3) is 0 Å². The van der Waals surface area contributed by atoms with Crippen LogP contribution in [0.5, 0.6) is 0 Å². The Hall–Kier alpha value is -2.31. The van der Waals surface area contributed by atoms with Crippen molar-refractivity contribution in [2.45, 2.75) is 19.1 Å². The molecule has 0 aliphatic carbocycles. The zero-order valence-corrected chi connectivity index (χ0v) is 11.1. The fraction of sp³-hybridized carbons (Fsp3) is 0.286. The van der Waals surface area contributed by atoms with E-state index in [1.54, 1.807) is 4.90 Å². The molecule has 0 atom stereocenters. The van der Waals surface area contributed by atoms with E-state index >= 15 is 0 Å². The van der Waals surface area contributed by atoms with E-state index in [-0.39, 0.29) is 11.8 Å². The number of halogens is 3. The van der Waals surface area contributed by atoms with Crippen molar-refractivity contribution in [1.82, 2.24) is 9.97 Å². The summed E-state index contributed by atoms with van der Waals surface area (Å²) in [4.78, 5) is 8.98. The normalized spacial score (nSPS) is 14.9. The number of nitrogen functional groups attached to an aromatic ring is 1. The van der Waals surface area contributed by atoms with Gasteiger partial charge in [0.05, 0.1) is 0 Å². The second kappa shape index (κ2) is 4.91. The number of anilines is 2. The summed E-state index contributed by atoms with van der Waals surface area (Å²) in [5, 5.41) is 0. The van der Waals surface area contributed by atoms with Gasteiger partial charge in [0.1, 0.15) is 5.82 Å². The van der Waals surface area contributed by atoms with Gasteiger partial charge in [-0.2, -0.15) is 18.2 Å². The number of fused-ring (bicyclic) bond motifs is 1. The number of alkyl halides is 3. The van der Waals surface area contributed by atoms with Gasteiger partial charge in [-0.25, -0.2) is 4.98 Å². The summed E-state index contributed by atoms with van der Waals surface area (Å²) in [6, 6.07) is 8.82. The fourth-order valence-corrected chi connectivity index (χ4v) is 2.45. The first-order valence-corrected chi connectivity index (χ1v) is 6.47. The lowest BCUT2D eigenvalue weighted by atomic mass is 10.00. The van der Waals surface area contributed by atoms with Crippen LogP contribution in [0.4, 0.5) is 24.9 Å². The Kier molecular flexibility index (Phi) is 3.19. The lowest BCUT2D eigenvalue weighted by molar-refractivity contribution is -0.141. The third-order valence-electron chi connectivity index (χ3n) is 3.48. The molecule has 21 heavy (non-hydrogen) atoms.